The predicted molar refractivity (Wildman–Crippen MR) is 130 cm³/mol. The summed E-state index contributed by atoms with van der Waals surface area (Å²) in [7, 11) is 0. The zero-order chi connectivity index (χ0) is 22.8. The molecule has 0 atom stereocenters. The van der Waals surface area contributed by atoms with Crippen LogP contribution in [-0.4, -0.2) is 25.4 Å². The van der Waals surface area contributed by atoms with Gasteiger partial charge in [0.15, 0.2) is 0 Å². The Kier molecular flexibility index (Phi) is 5.50. The fraction of sp³-hybridized carbons (Fsp3) is 0.0800. The number of hydrogen-bond donors (Lipinski definition) is 1. The lowest BCUT2D eigenvalue weighted by atomic mass is 10.1. The zero-order valence-electron chi connectivity index (χ0n) is 17.7. The molecule has 0 bridgehead atoms. The van der Waals surface area contributed by atoms with Crippen LogP contribution in [-0.2, 0) is 6.54 Å². The number of nitrogens with zero attached hydrogens (tertiary/aromatic N) is 4. The lowest BCUT2D eigenvalue weighted by Gasteiger charge is -2.08. The van der Waals surface area contributed by atoms with E-state index in [4.69, 9.17) is 0 Å². The largest absolute Gasteiger partial charge is 0.326 e. The first kappa shape index (κ1) is 20.7. The molecule has 0 aliphatic rings. The summed E-state index contributed by atoms with van der Waals surface area (Å²) in [6, 6.07) is 19.0. The number of aromatic nitrogens is 4. The van der Waals surface area contributed by atoms with E-state index in [0.29, 0.717) is 22.8 Å². The van der Waals surface area contributed by atoms with Crippen LogP contribution >= 0.6 is 11.3 Å². The minimum atomic E-state index is -0.322. The fourth-order valence-electron chi connectivity index (χ4n) is 3.44. The van der Waals surface area contributed by atoms with Crippen molar-refractivity contribution < 1.29 is 4.79 Å². The fourth-order valence-corrected chi connectivity index (χ4v) is 4.49. The van der Waals surface area contributed by atoms with Crippen molar-refractivity contribution in [2.75, 3.05) is 5.32 Å². The van der Waals surface area contributed by atoms with Crippen molar-refractivity contribution in [2.24, 2.45) is 0 Å². The van der Waals surface area contributed by atoms with E-state index in [1.807, 2.05) is 16.7 Å². The van der Waals surface area contributed by atoms with Gasteiger partial charge in [-0.25, -0.2) is 4.98 Å². The highest BCUT2D eigenvalue weighted by Gasteiger charge is 2.13. The molecule has 0 unspecified atom stereocenters. The van der Waals surface area contributed by atoms with Crippen LogP contribution in [0.1, 0.15) is 21.6 Å². The first-order valence-corrected chi connectivity index (χ1v) is 11.1. The molecule has 5 rings (SSSR count). The van der Waals surface area contributed by atoms with Crippen molar-refractivity contribution in [2.45, 2.75) is 13.5 Å². The number of thiophene rings is 1. The van der Waals surface area contributed by atoms with Crippen LogP contribution in [0.2, 0.25) is 0 Å². The SMILES string of the molecule is Cc1ccc(Cn2cnc(=O)c3sc(-c4ccc(NC(=O)c5ccccn5)nc4)cc32)cc1. The van der Waals surface area contributed by atoms with E-state index >= 15 is 0 Å². The molecule has 0 fully saturated rings. The quantitative estimate of drug-likeness (QED) is 0.422. The molecule has 7 nitrogen and oxygen atoms in total. The topological polar surface area (TPSA) is 89.8 Å². The highest BCUT2D eigenvalue weighted by Crippen LogP contribution is 2.31. The summed E-state index contributed by atoms with van der Waals surface area (Å²) in [5, 5.41) is 2.74. The van der Waals surface area contributed by atoms with Crippen LogP contribution in [0.25, 0.3) is 20.7 Å². The summed E-state index contributed by atoms with van der Waals surface area (Å²) in [5.41, 5.74) is 4.10. The maximum absolute atomic E-state index is 12.4. The van der Waals surface area contributed by atoms with Gasteiger partial charge in [-0.2, -0.15) is 4.98 Å². The maximum atomic E-state index is 12.4. The average molecular weight is 454 g/mol. The summed E-state index contributed by atoms with van der Waals surface area (Å²) in [6.07, 6.45) is 4.84. The van der Waals surface area contributed by atoms with Gasteiger partial charge in [-0.3, -0.25) is 14.6 Å². The summed E-state index contributed by atoms with van der Waals surface area (Å²) in [6.45, 7) is 2.67. The molecule has 0 aliphatic heterocycles. The Morgan fingerprint density at radius 2 is 1.88 bits per heavy atom. The third kappa shape index (κ3) is 4.42. The molecule has 33 heavy (non-hydrogen) atoms. The van der Waals surface area contributed by atoms with E-state index in [9.17, 15) is 9.59 Å². The van der Waals surface area contributed by atoms with E-state index in [0.717, 1.165) is 21.5 Å². The summed E-state index contributed by atoms with van der Waals surface area (Å²) in [4.78, 5) is 38.0. The molecule has 5 aromatic rings. The van der Waals surface area contributed by atoms with Crippen LogP contribution in [0, 0.1) is 6.92 Å². The van der Waals surface area contributed by atoms with Gasteiger partial charge in [0, 0.05) is 29.4 Å². The van der Waals surface area contributed by atoms with Crippen molar-refractivity contribution in [3.63, 3.8) is 0 Å². The Bertz CT molecular complexity index is 1490. The molecule has 8 heteroatoms. The van der Waals surface area contributed by atoms with Gasteiger partial charge in [-0.05, 0) is 42.8 Å². The monoisotopic (exact) mass is 453 g/mol. The van der Waals surface area contributed by atoms with Crippen molar-refractivity contribution >= 4 is 33.3 Å². The van der Waals surface area contributed by atoms with Crippen LogP contribution in [0.3, 0.4) is 0 Å². The number of aryl methyl sites for hydroxylation is 1. The minimum absolute atomic E-state index is 0.242. The van der Waals surface area contributed by atoms with Gasteiger partial charge >= 0.3 is 0 Å². The van der Waals surface area contributed by atoms with Crippen LogP contribution in [0.5, 0.6) is 0 Å². The molecule has 4 aromatic heterocycles. The number of carbonyl (C=O) groups is 1. The van der Waals surface area contributed by atoms with Crippen molar-refractivity contribution in [1.82, 2.24) is 19.5 Å². The highest BCUT2D eigenvalue weighted by molar-refractivity contribution is 7.22. The van der Waals surface area contributed by atoms with Gasteiger partial charge < -0.3 is 9.88 Å². The van der Waals surface area contributed by atoms with Gasteiger partial charge in [0.25, 0.3) is 11.5 Å². The average Bonchev–Trinajstić information content (AvgIpc) is 3.30. The Morgan fingerprint density at radius 1 is 1.03 bits per heavy atom. The first-order valence-electron chi connectivity index (χ1n) is 10.3. The summed E-state index contributed by atoms with van der Waals surface area (Å²) < 4.78 is 2.59. The van der Waals surface area contributed by atoms with E-state index < -0.39 is 0 Å². The molecule has 162 valence electrons. The molecule has 0 aliphatic carbocycles. The lowest BCUT2D eigenvalue weighted by Crippen LogP contribution is -2.14. The van der Waals surface area contributed by atoms with Gasteiger partial charge in [0.1, 0.15) is 16.2 Å². The molecule has 0 saturated heterocycles. The Morgan fingerprint density at radius 3 is 2.61 bits per heavy atom. The maximum Gasteiger partial charge on any atom is 0.290 e. The van der Waals surface area contributed by atoms with Gasteiger partial charge in [0.2, 0.25) is 0 Å². The molecule has 1 amide bonds. The molecule has 0 radical (unpaired) electrons. The normalized spacial score (nSPS) is 10.9. The number of amides is 1. The van der Waals surface area contributed by atoms with Crippen LogP contribution < -0.4 is 10.9 Å². The van der Waals surface area contributed by atoms with Crippen molar-refractivity contribution in [3.8, 4) is 10.4 Å². The van der Waals surface area contributed by atoms with Crippen molar-refractivity contribution in [1.29, 1.82) is 0 Å². The first-order chi connectivity index (χ1) is 16.1. The molecule has 1 N–H and O–H groups in total. The van der Waals surface area contributed by atoms with Crippen LogP contribution in [0.15, 0.2) is 84.2 Å². The molecular weight excluding hydrogens is 434 g/mol. The summed E-state index contributed by atoms with van der Waals surface area (Å²) in [5.74, 6) is 0.105. The van der Waals surface area contributed by atoms with Gasteiger partial charge in [-0.1, -0.05) is 35.9 Å². The minimum Gasteiger partial charge on any atom is -0.326 e. The summed E-state index contributed by atoms with van der Waals surface area (Å²) >= 11 is 1.39. The number of benzene rings is 1. The molecule has 0 saturated carbocycles. The second-order valence-electron chi connectivity index (χ2n) is 7.59. The second kappa shape index (κ2) is 8.76. The number of nitrogens with one attached hydrogen (secondary N) is 1. The molecule has 0 spiro atoms. The zero-order valence-corrected chi connectivity index (χ0v) is 18.5. The standard InChI is InChI=1S/C25H19N5O2S/c1-16-5-7-17(8-6-16)14-30-15-28-25(32)23-20(30)12-21(33-23)18-9-10-22(27-13-18)29-24(31)19-4-2-3-11-26-19/h2-13,15H,14H2,1H3,(H,27,29,31). The van der Waals surface area contributed by atoms with Gasteiger partial charge in [0.05, 0.1) is 11.8 Å². The van der Waals surface area contributed by atoms with E-state index in [1.165, 1.54) is 16.9 Å². The Balaban J connectivity index is 1.41. The van der Waals surface area contributed by atoms with E-state index in [1.54, 1.807) is 43.0 Å². The number of anilines is 1. The number of hydrogen-bond acceptors (Lipinski definition) is 6. The lowest BCUT2D eigenvalue weighted by molar-refractivity contribution is 0.102. The van der Waals surface area contributed by atoms with Gasteiger partial charge in [-0.15, -0.1) is 11.3 Å². The highest BCUT2D eigenvalue weighted by atomic mass is 32.1. The van der Waals surface area contributed by atoms with Crippen molar-refractivity contribution in [3.05, 3.63) is 107 Å². The molecule has 4 heterocycles. The third-order valence-corrected chi connectivity index (χ3v) is 6.35. The Labute approximate surface area is 193 Å². The number of pyridine rings is 2. The Hall–Kier alpha value is -4.17. The molecule has 1 aromatic carbocycles. The van der Waals surface area contributed by atoms with E-state index in [-0.39, 0.29) is 11.5 Å². The number of rotatable bonds is 5. The van der Waals surface area contributed by atoms with Crippen LogP contribution in [0.4, 0.5) is 5.82 Å². The van der Waals surface area contributed by atoms with E-state index in [2.05, 4.69) is 51.5 Å². The smallest absolute Gasteiger partial charge is 0.290 e. The third-order valence-electron chi connectivity index (χ3n) is 5.19. The number of carbonyl (C=O) groups excluding carboxylic acids is 1. The predicted octanol–water partition coefficient (Wildman–Crippen LogP) is 4.52. The second-order valence-corrected chi connectivity index (χ2v) is 8.64. The number of fused-ring (bicyclic) bond motifs is 1. The molecular formula is C25H19N5O2S.